The van der Waals surface area contributed by atoms with Crippen LogP contribution in [0.4, 0.5) is 0 Å². The first-order valence-corrected chi connectivity index (χ1v) is 6.43. The lowest BCUT2D eigenvalue weighted by Crippen LogP contribution is -2.24. The van der Waals surface area contributed by atoms with Crippen molar-refractivity contribution in [1.29, 1.82) is 0 Å². The molecular formula is C12H17N3O2. The third-order valence-electron chi connectivity index (χ3n) is 3.56. The van der Waals surface area contributed by atoms with E-state index in [-0.39, 0.29) is 11.8 Å². The number of amides is 1. The minimum Gasteiger partial charge on any atom is -0.348 e. The first-order chi connectivity index (χ1) is 8.33. The molecule has 5 heteroatoms. The molecule has 2 aliphatic rings. The molecule has 92 valence electrons. The molecule has 1 amide bonds. The highest BCUT2D eigenvalue weighted by Crippen LogP contribution is 2.33. The lowest BCUT2D eigenvalue weighted by Gasteiger charge is -2.00. The van der Waals surface area contributed by atoms with E-state index in [0.29, 0.717) is 18.3 Å². The molecule has 1 aromatic heterocycles. The Labute approximate surface area is 100.0 Å². The maximum atomic E-state index is 11.4. The maximum Gasteiger partial charge on any atom is 0.229 e. The Hall–Kier alpha value is -1.39. The Bertz CT molecular complexity index is 406. The van der Waals surface area contributed by atoms with Crippen molar-refractivity contribution in [2.75, 3.05) is 0 Å². The topological polar surface area (TPSA) is 68.0 Å². The summed E-state index contributed by atoms with van der Waals surface area (Å²) in [7, 11) is 0. The van der Waals surface area contributed by atoms with Crippen molar-refractivity contribution in [2.45, 2.75) is 51.0 Å². The largest absolute Gasteiger partial charge is 0.348 e. The molecule has 1 N–H and O–H groups in total. The van der Waals surface area contributed by atoms with Gasteiger partial charge in [-0.05, 0) is 25.7 Å². The second kappa shape index (κ2) is 4.47. The Morgan fingerprint density at radius 3 is 2.76 bits per heavy atom. The number of carbonyl (C=O) groups is 1. The summed E-state index contributed by atoms with van der Waals surface area (Å²) in [5, 5.41) is 6.75. The quantitative estimate of drug-likeness (QED) is 0.863. The van der Waals surface area contributed by atoms with Gasteiger partial charge in [0.05, 0.1) is 6.54 Å². The third-order valence-corrected chi connectivity index (χ3v) is 3.56. The summed E-state index contributed by atoms with van der Waals surface area (Å²) in [5.41, 5.74) is 0. The minimum absolute atomic E-state index is 0.122. The third kappa shape index (κ3) is 2.48. The zero-order chi connectivity index (χ0) is 11.7. The zero-order valence-electron chi connectivity index (χ0n) is 9.82. The summed E-state index contributed by atoms with van der Waals surface area (Å²) in [6.07, 6.45) is 6.84. The van der Waals surface area contributed by atoms with E-state index in [1.807, 2.05) is 0 Å². The van der Waals surface area contributed by atoms with Crippen LogP contribution in [0, 0.1) is 5.92 Å². The molecule has 0 spiro atoms. The predicted molar refractivity (Wildman–Crippen MR) is 60.1 cm³/mol. The molecule has 0 radical (unpaired) electrons. The van der Waals surface area contributed by atoms with Gasteiger partial charge in [-0.2, -0.15) is 4.98 Å². The highest BCUT2D eigenvalue weighted by molar-refractivity contribution is 5.80. The van der Waals surface area contributed by atoms with Crippen molar-refractivity contribution >= 4 is 5.91 Å². The second-order valence-electron chi connectivity index (χ2n) is 5.02. The first kappa shape index (κ1) is 10.7. The summed E-state index contributed by atoms with van der Waals surface area (Å²) >= 11 is 0. The van der Waals surface area contributed by atoms with Gasteiger partial charge in [-0.15, -0.1) is 0 Å². The van der Waals surface area contributed by atoms with Crippen LogP contribution in [0.5, 0.6) is 0 Å². The maximum absolute atomic E-state index is 11.4. The fourth-order valence-electron chi connectivity index (χ4n) is 2.33. The molecule has 0 atom stereocenters. The molecule has 3 rings (SSSR count). The van der Waals surface area contributed by atoms with Crippen LogP contribution in [-0.4, -0.2) is 16.0 Å². The number of nitrogens with one attached hydrogen (secondary N) is 1. The highest BCUT2D eigenvalue weighted by Gasteiger charge is 2.29. The Morgan fingerprint density at radius 2 is 2.06 bits per heavy atom. The molecule has 0 bridgehead atoms. The minimum atomic E-state index is 0.122. The molecule has 2 saturated carbocycles. The van der Waals surface area contributed by atoms with Crippen molar-refractivity contribution in [3.05, 3.63) is 11.7 Å². The van der Waals surface area contributed by atoms with Gasteiger partial charge in [0.15, 0.2) is 5.82 Å². The van der Waals surface area contributed by atoms with Gasteiger partial charge in [-0.3, -0.25) is 4.79 Å². The number of rotatable bonds is 4. The summed E-state index contributed by atoms with van der Waals surface area (Å²) in [6, 6.07) is 0. The van der Waals surface area contributed by atoms with Gasteiger partial charge >= 0.3 is 0 Å². The van der Waals surface area contributed by atoms with Crippen LogP contribution in [0.2, 0.25) is 0 Å². The van der Waals surface area contributed by atoms with E-state index in [4.69, 9.17) is 4.52 Å². The first-order valence-electron chi connectivity index (χ1n) is 6.43. The molecule has 5 nitrogen and oxygen atoms in total. The number of hydrogen-bond donors (Lipinski definition) is 1. The lowest BCUT2D eigenvalue weighted by molar-refractivity contribution is -0.122. The molecule has 17 heavy (non-hydrogen) atoms. The Kier molecular flexibility index (Phi) is 2.82. The van der Waals surface area contributed by atoms with Crippen LogP contribution >= 0.6 is 0 Å². The van der Waals surface area contributed by atoms with E-state index in [1.165, 1.54) is 12.8 Å². The summed E-state index contributed by atoms with van der Waals surface area (Å²) in [4.78, 5) is 15.8. The predicted octanol–water partition coefficient (Wildman–Crippen LogP) is 1.75. The van der Waals surface area contributed by atoms with Crippen LogP contribution in [0.25, 0.3) is 0 Å². The van der Waals surface area contributed by atoms with Gasteiger partial charge in [0, 0.05) is 11.8 Å². The second-order valence-corrected chi connectivity index (χ2v) is 5.02. The molecule has 2 fully saturated rings. The van der Waals surface area contributed by atoms with Crippen molar-refractivity contribution in [3.8, 4) is 0 Å². The van der Waals surface area contributed by atoms with Gasteiger partial charge in [-0.25, -0.2) is 0 Å². The van der Waals surface area contributed by atoms with Crippen LogP contribution in [0.15, 0.2) is 4.52 Å². The van der Waals surface area contributed by atoms with Crippen molar-refractivity contribution in [3.63, 3.8) is 0 Å². The lowest BCUT2D eigenvalue weighted by atomic mass is 10.1. The van der Waals surface area contributed by atoms with Crippen molar-refractivity contribution < 1.29 is 9.32 Å². The number of carbonyl (C=O) groups excluding carboxylic acids is 1. The molecule has 1 aromatic rings. The standard InChI is InChI=1S/C12H17N3O2/c16-11(8-5-6-8)13-7-10-14-12(17-15-10)9-3-1-2-4-9/h8-9H,1-7H2,(H,13,16). The van der Waals surface area contributed by atoms with E-state index in [2.05, 4.69) is 15.5 Å². The Morgan fingerprint density at radius 1 is 1.29 bits per heavy atom. The van der Waals surface area contributed by atoms with Gasteiger partial charge in [0.25, 0.3) is 0 Å². The summed E-state index contributed by atoms with van der Waals surface area (Å²) in [6.45, 7) is 0.394. The molecule has 0 unspecified atom stereocenters. The van der Waals surface area contributed by atoms with E-state index >= 15 is 0 Å². The number of nitrogens with zero attached hydrogens (tertiary/aromatic N) is 2. The highest BCUT2D eigenvalue weighted by atomic mass is 16.5. The average molecular weight is 235 g/mol. The normalized spacial score (nSPS) is 20.7. The summed E-state index contributed by atoms with van der Waals surface area (Å²) in [5.74, 6) is 2.14. The van der Waals surface area contributed by atoms with E-state index < -0.39 is 0 Å². The molecule has 2 aliphatic carbocycles. The van der Waals surface area contributed by atoms with E-state index in [9.17, 15) is 4.79 Å². The van der Waals surface area contributed by atoms with Crippen LogP contribution < -0.4 is 5.32 Å². The molecule has 0 aromatic carbocycles. The molecule has 1 heterocycles. The van der Waals surface area contributed by atoms with Gasteiger partial charge in [0.2, 0.25) is 11.8 Å². The number of aromatic nitrogens is 2. The van der Waals surface area contributed by atoms with E-state index in [1.54, 1.807) is 0 Å². The fraction of sp³-hybridized carbons (Fsp3) is 0.750. The SMILES string of the molecule is O=C(NCc1noc(C2CCCC2)n1)C1CC1. The molecule has 0 saturated heterocycles. The van der Waals surface area contributed by atoms with Gasteiger partial charge in [-0.1, -0.05) is 18.0 Å². The smallest absolute Gasteiger partial charge is 0.229 e. The average Bonchev–Trinajstić information content (AvgIpc) is 2.87. The molecule has 0 aliphatic heterocycles. The summed E-state index contributed by atoms with van der Waals surface area (Å²) < 4.78 is 5.24. The van der Waals surface area contributed by atoms with Crippen LogP contribution in [0.3, 0.4) is 0 Å². The van der Waals surface area contributed by atoms with Gasteiger partial charge < -0.3 is 9.84 Å². The Balaban J connectivity index is 1.54. The molecular weight excluding hydrogens is 218 g/mol. The van der Waals surface area contributed by atoms with Gasteiger partial charge in [0.1, 0.15) is 0 Å². The van der Waals surface area contributed by atoms with Crippen molar-refractivity contribution in [2.24, 2.45) is 5.92 Å². The monoisotopic (exact) mass is 235 g/mol. The van der Waals surface area contributed by atoms with Crippen LogP contribution in [0.1, 0.15) is 56.2 Å². The number of hydrogen-bond acceptors (Lipinski definition) is 4. The van der Waals surface area contributed by atoms with Crippen molar-refractivity contribution in [1.82, 2.24) is 15.5 Å². The fourth-order valence-corrected chi connectivity index (χ4v) is 2.33. The van der Waals surface area contributed by atoms with Crippen LogP contribution in [-0.2, 0) is 11.3 Å². The van der Waals surface area contributed by atoms with E-state index in [0.717, 1.165) is 31.6 Å². The zero-order valence-corrected chi connectivity index (χ0v) is 9.82.